The number of nitrogens with two attached hydrogens (primary N) is 1. The lowest BCUT2D eigenvalue weighted by atomic mass is 10.2. The predicted molar refractivity (Wildman–Crippen MR) is 94.2 cm³/mol. The van der Waals surface area contributed by atoms with E-state index in [9.17, 15) is 13.2 Å². The van der Waals surface area contributed by atoms with Crippen molar-refractivity contribution in [3.05, 3.63) is 34.8 Å². The van der Waals surface area contributed by atoms with E-state index < -0.39 is 22.0 Å². The standard InChI is InChI=1S/C14H19N5O3S2/c1-9-4-6-11(7-5-9)19(24(3,21)22)8-12(20)16-10(2)13-17-18-14(15)23-13/h4-7,10H,8H2,1-3H3,(H2,15,18)(H,16,20)/t10-/m1/s1. The van der Waals surface area contributed by atoms with Crippen LogP contribution in [-0.4, -0.2) is 37.3 Å². The average molecular weight is 369 g/mol. The summed E-state index contributed by atoms with van der Waals surface area (Å²) in [6.07, 6.45) is 1.06. The van der Waals surface area contributed by atoms with Crippen LogP contribution in [0.3, 0.4) is 0 Å². The molecule has 0 saturated heterocycles. The molecule has 2 rings (SSSR count). The van der Waals surface area contributed by atoms with Crippen molar-refractivity contribution in [1.29, 1.82) is 0 Å². The van der Waals surface area contributed by atoms with E-state index in [1.54, 1.807) is 31.2 Å². The number of nitrogens with one attached hydrogen (secondary N) is 1. The third kappa shape index (κ3) is 4.65. The van der Waals surface area contributed by atoms with Gasteiger partial charge >= 0.3 is 0 Å². The van der Waals surface area contributed by atoms with Crippen molar-refractivity contribution < 1.29 is 13.2 Å². The Kier molecular flexibility index (Phi) is 5.40. The summed E-state index contributed by atoms with van der Waals surface area (Å²) >= 11 is 1.17. The zero-order chi connectivity index (χ0) is 17.9. The highest BCUT2D eigenvalue weighted by Crippen LogP contribution is 2.20. The normalized spacial score (nSPS) is 12.6. The lowest BCUT2D eigenvalue weighted by Crippen LogP contribution is -2.41. The Morgan fingerprint density at radius 2 is 1.96 bits per heavy atom. The Bertz CT molecular complexity index is 817. The first kappa shape index (κ1) is 18.1. The molecule has 1 aromatic heterocycles. The number of nitrogens with zero attached hydrogens (tertiary/aromatic N) is 3. The van der Waals surface area contributed by atoms with Crippen molar-refractivity contribution in [2.24, 2.45) is 0 Å². The molecule has 3 N–H and O–H groups in total. The molecule has 2 aromatic rings. The molecule has 1 heterocycles. The van der Waals surface area contributed by atoms with E-state index in [1.165, 1.54) is 11.3 Å². The minimum absolute atomic E-state index is 0.309. The van der Waals surface area contributed by atoms with Gasteiger partial charge in [-0.25, -0.2) is 8.42 Å². The molecule has 10 heteroatoms. The molecule has 0 fully saturated rings. The van der Waals surface area contributed by atoms with Gasteiger partial charge in [-0.15, -0.1) is 10.2 Å². The number of sulfonamides is 1. The van der Waals surface area contributed by atoms with Gasteiger partial charge in [-0.05, 0) is 26.0 Å². The fourth-order valence-corrected chi connectivity index (χ4v) is 3.48. The molecule has 0 aliphatic heterocycles. The smallest absolute Gasteiger partial charge is 0.241 e. The van der Waals surface area contributed by atoms with E-state index in [-0.39, 0.29) is 6.54 Å². The van der Waals surface area contributed by atoms with E-state index in [0.29, 0.717) is 15.8 Å². The van der Waals surface area contributed by atoms with Gasteiger partial charge in [0, 0.05) is 0 Å². The fraction of sp³-hybridized carbons (Fsp3) is 0.357. The van der Waals surface area contributed by atoms with E-state index in [4.69, 9.17) is 5.73 Å². The Hall–Kier alpha value is -2.20. The molecule has 0 unspecified atom stereocenters. The van der Waals surface area contributed by atoms with Crippen molar-refractivity contribution in [2.45, 2.75) is 19.9 Å². The number of hydrogen-bond acceptors (Lipinski definition) is 7. The Balaban J connectivity index is 2.12. The lowest BCUT2D eigenvalue weighted by molar-refractivity contribution is -0.120. The van der Waals surface area contributed by atoms with Crippen LogP contribution in [0, 0.1) is 6.92 Å². The van der Waals surface area contributed by atoms with Crippen molar-refractivity contribution >= 4 is 38.1 Å². The van der Waals surface area contributed by atoms with Crippen molar-refractivity contribution in [3.63, 3.8) is 0 Å². The van der Waals surface area contributed by atoms with Crippen molar-refractivity contribution in [3.8, 4) is 0 Å². The molecule has 8 nitrogen and oxygen atoms in total. The van der Waals surface area contributed by atoms with Crippen molar-refractivity contribution in [1.82, 2.24) is 15.5 Å². The number of aromatic nitrogens is 2. The van der Waals surface area contributed by atoms with E-state index >= 15 is 0 Å². The van der Waals surface area contributed by atoms with Gasteiger partial charge in [-0.1, -0.05) is 29.0 Å². The summed E-state index contributed by atoms with van der Waals surface area (Å²) in [5, 5.41) is 11.1. The highest BCUT2D eigenvalue weighted by molar-refractivity contribution is 7.92. The maximum Gasteiger partial charge on any atom is 0.241 e. The number of hydrogen-bond donors (Lipinski definition) is 2. The van der Waals surface area contributed by atoms with Crippen LogP contribution < -0.4 is 15.4 Å². The van der Waals surface area contributed by atoms with Crippen molar-refractivity contribution in [2.75, 3.05) is 22.8 Å². The molecular weight excluding hydrogens is 350 g/mol. The summed E-state index contributed by atoms with van der Waals surface area (Å²) in [4.78, 5) is 12.2. The number of aryl methyl sites for hydroxylation is 1. The summed E-state index contributed by atoms with van der Waals surface area (Å²) in [5.74, 6) is -0.442. The molecule has 0 spiro atoms. The number of carbonyl (C=O) groups is 1. The minimum Gasteiger partial charge on any atom is -0.374 e. The second kappa shape index (κ2) is 7.14. The van der Waals surface area contributed by atoms with Gasteiger partial charge in [0.15, 0.2) is 0 Å². The van der Waals surface area contributed by atoms with Gasteiger partial charge in [0.2, 0.25) is 21.1 Å². The number of rotatable bonds is 6. The number of amides is 1. The van der Waals surface area contributed by atoms with Crippen LogP contribution >= 0.6 is 11.3 Å². The fourth-order valence-electron chi connectivity index (χ4n) is 2.01. The van der Waals surface area contributed by atoms with E-state index in [0.717, 1.165) is 16.1 Å². The summed E-state index contributed by atoms with van der Waals surface area (Å²) < 4.78 is 25.1. The molecule has 0 aliphatic carbocycles. The van der Waals surface area contributed by atoms with Gasteiger partial charge in [0.25, 0.3) is 0 Å². The second-order valence-corrected chi connectivity index (χ2v) is 8.32. The molecule has 0 saturated carbocycles. The first-order valence-corrected chi connectivity index (χ1v) is 9.76. The Morgan fingerprint density at radius 3 is 2.46 bits per heavy atom. The molecule has 1 aromatic carbocycles. The van der Waals surface area contributed by atoms with E-state index in [2.05, 4.69) is 15.5 Å². The molecule has 24 heavy (non-hydrogen) atoms. The number of benzene rings is 1. The van der Waals surface area contributed by atoms with Crippen LogP contribution in [0.2, 0.25) is 0 Å². The highest BCUT2D eigenvalue weighted by Gasteiger charge is 2.22. The molecule has 0 radical (unpaired) electrons. The SMILES string of the molecule is Cc1ccc(N(CC(=O)N[C@H](C)c2nnc(N)s2)S(C)(=O)=O)cc1. The monoisotopic (exact) mass is 369 g/mol. The number of nitrogen functional groups attached to an aromatic ring is 1. The molecule has 1 amide bonds. The van der Waals surface area contributed by atoms with Crippen LogP contribution in [0.15, 0.2) is 24.3 Å². The zero-order valence-electron chi connectivity index (χ0n) is 13.6. The first-order valence-electron chi connectivity index (χ1n) is 7.09. The maximum atomic E-state index is 12.2. The molecular formula is C14H19N5O3S2. The molecule has 0 bridgehead atoms. The lowest BCUT2D eigenvalue weighted by Gasteiger charge is -2.22. The van der Waals surface area contributed by atoms with Crippen LogP contribution in [0.25, 0.3) is 0 Å². The summed E-state index contributed by atoms with van der Waals surface area (Å²) in [5.41, 5.74) is 6.95. The first-order chi connectivity index (χ1) is 11.2. The zero-order valence-corrected chi connectivity index (χ0v) is 15.2. The average Bonchev–Trinajstić information content (AvgIpc) is 2.91. The maximum absolute atomic E-state index is 12.2. The third-order valence-corrected chi connectivity index (χ3v) is 5.29. The predicted octanol–water partition coefficient (Wildman–Crippen LogP) is 1.07. The minimum atomic E-state index is -3.60. The summed E-state index contributed by atoms with van der Waals surface area (Å²) in [6.45, 7) is 3.31. The van der Waals surface area contributed by atoms with Gasteiger partial charge in [-0.2, -0.15) is 0 Å². The van der Waals surface area contributed by atoms with Gasteiger partial charge in [0.05, 0.1) is 18.0 Å². The van der Waals surface area contributed by atoms with Gasteiger partial charge in [-0.3, -0.25) is 9.10 Å². The van der Waals surface area contributed by atoms with Crippen LogP contribution in [0.1, 0.15) is 23.5 Å². The highest BCUT2D eigenvalue weighted by atomic mass is 32.2. The van der Waals surface area contributed by atoms with Gasteiger partial charge < -0.3 is 11.1 Å². The third-order valence-electron chi connectivity index (χ3n) is 3.21. The number of anilines is 2. The molecule has 130 valence electrons. The van der Waals surface area contributed by atoms with E-state index in [1.807, 2.05) is 6.92 Å². The Labute approximate surface area is 144 Å². The number of carbonyl (C=O) groups excluding carboxylic acids is 1. The quantitative estimate of drug-likeness (QED) is 0.786. The van der Waals surface area contributed by atoms with Gasteiger partial charge in [0.1, 0.15) is 11.6 Å². The van der Waals surface area contributed by atoms with Crippen LogP contribution in [-0.2, 0) is 14.8 Å². The molecule has 0 aliphatic rings. The largest absolute Gasteiger partial charge is 0.374 e. The summed E-state index contributed by atoms with van der Waals surface area (Å²) in [6, 6.07) is 6.50. The molecule has 1 atom stereocenters. The second-order valence-electron chi connectivity index (χ2n) is 5.37. The topological polar surface area (TPSA) is 118 Å². The summed E-state index contributed by atoms with van der Waals surface area (Å²) in [7, 11) is -3.60. The van der Waals surface area contributed by atoms with Crippen LogP contribution in [0.4, 0.5) is 10.8 Å². The van der Waals surface area contributed by atoms with Crippen LogP contribution in [0.5, 0.6) is 0 Å². The Morgan fingerprint density at radius 1 is 1.33 bits per heavy atom.